The lowest BCUT2D eigenvalue weighted by atomic mass is 10.3. The highest BCUT2D eigenvalue weighted by Crippen LogP contribution is 1.97. The smallest absolute Gasteiger partial charge is 0.345 e. The van der Waals surface area contributed by atoms with Crippen molar-refractivity contribution in [3.8, 4) is 0 Å². The van der Waals surface area contributed by atoms with Gasteiger partial charge in [-0.2, -0.15) is 0 Å². The Hall–Kier alpha value is -1.59. The number of aliphatic carboxylic acids is 1. The van der Waals surface area contributed by atoms with Crippen molar-refractivity contribution in [1.29, 1.82) is 0 Å². The number of carbonyl (C=O) groups excluding carboxylic acids is 2. The molecule has 0 bridgehead atoms. The maximum atomic E-state index is 10.2. The van der Waals surface area contributed by atoms with Gasteiger partial charge in [-0.25, -0.2) is 4.79 Å². The van der Waals surface area contributed by atoms with Crippen LogP contribution in [0.5, 0.6) is 0 Å². The van der Waals surface area contributed by atoms with E-state index in [0.717, 1.165) is 0 Å². The zero-order valence-corrected chi connectivity index (χ0v) is 8.07. The van der Waals surface area contributed by atoms with Gasteiger partial charge in [0.05, 0.1) is 6.54 Å². The Bertz CT molecular complexity index is 232. The molecule has 0 spiro atoms. The molecule has 1 aliphatic rings. The summed E-state index contributed by atoms with van der Waals surface area (Å²) in [6.07, 6.45) is -0.688. The van der Waals surface area contributed by atoms with E-state index < -0.39 is 18.0 Å². The molecular formula is C8H13NO5. The van der Waals surface area contributed by atoms with Crippen molar-refractivity contribution in [1.82, 2.24) is 5.32 Å². The van der Waals surface area contributed by atoms with Crippen LogP contribution < -0.4 is 5.32 Å². The van der Waals surface area contributed by atoms with Gasteiger partial charge in [0.15, 0.2) is 6.10 Å². The summed E-state index contributed by atoms with van der Waals surface area (Å²) in [6.45, 7) is 3.42. The quantitative estimate of drug-likeness (QED) is 0.476. The number of rotatable bonds is 3. The fourth-order valence-electron chi connectivity index (χ4n) is 0.545. The summed E-state index contributed by atoms with van der Waals surface area (Å²) in [6, 6.07) is 0. The second-order valence-electron chi connectivity index (χ2n) is 2.62. The van der Waals surface area contributed by atoms with E-state index in [0.29, 0.717) is 13.0 Å². The molecule has 0 aliphatic carbocycles. The number of esters is 1. The second kappa shape index (κ2) is 5.95. The van der Waals surface area contributed by atoms with Gasteiger partial charge in [0.25, 0.3) is 0 Å². The van der Waals surface area contributed by atoms with Gasteiger partial charge in [0, 0.05) is 6.92 Å². The molecule has 1 aliphatic heterocycles. The van der Waals surface area contributed by atoms with Gasteiger partial charge in [-0.1, -0.05) is 6.92 Å². The standard InChI is InChI=1S/C6H10O4.C2H3NO/c1-3-5(6(8)9)10-4(2)7;4-2-1-3-2/h5H,3H2,1-2H3,(H,8,9);1H2,(H,3,4). The van der Waals surface area contributed by atoms with Crippen LogP contribution in [0.25, 0.3) is 0 Å². The first kappa shape index (κ1) is 12.4. The molecular weight excluding hydrogens is 190 g/mol. The minimum absolute atomic E-state index is 0.167. The molecule has 0 radical (unpaired) electrons. The number of carboxylic acids is 1. The van der Waals surface area contributed by atoms with Crippen molar-refractivity contribution in [3.05, 3.63) is 0 Å². The van der Waals surface area contributed by atoms with Gasteiger partial charge in [0.1, 0.15) is 0 Å². The van der Waals surface area contributed by atoms with Crippen molar-refractivity contribution in [3.63, 3.8) is 0 Å². The average Bonchev–Trinajstić information content (AvgIpc) is 2.83. The molecule has 6 heteroatoms. The Morgan fingerprint density at radius 1 is 1.64 bits per heavy atom. The largest absolute Gasteiger partial charge is 0.479 e. The topological polar surface area (TPSA) is 103 Å². The summed E-state index contributed by atoms with van der Waals surface area (Å²) >= 11 is 0. The van der Waals surface area contributed by atoms with E-state index in [4.69, 9.17) is 5.11 Å². The highest BCUT2D eigenvalue weighted by atomic mass is 16.6. The molecule has 1 heterocycles. The first-order valence-corrected chi connectivity index (χ1v) is 4.14. The molecule has 1 unspecified atom stereocenters. The maximum Gasteiger partial charge on any atom is 0.345 e. The third-order valence-corrected chi connectivity index (χ3v) is 1.28. The van der Waals surface area contributed by atoms with Crippen molar-refractivity contribution >= 4 is 17.8 Å². The number of nitrogens with one attached hydrogen (secondary N) is 1. The van der Waals surface area contributed by atoms with Crippen LogP contribution >= 0.6 is 0 Å². The van der Waals surface area contributed by atoms with Crippen molar-refractivity contribution < 1.29 is 24.2 Å². The summed E-state index contributed by atoms with van der Waals surface area (Å²) in [5, 5.41) is 10.8. The van der Waals surface area contributed by atoms with E-state index >= 15 is 0 Å². The Balaban J connectivity index is 0.000000344. The molecule has 0 aromatic heterocycles. The first-order valence-electron chi connectivity index (χ1n) is 4.14. The molecule has 6 nitrogen and oxygen atoms in total. The van der Waals surface area contributed by atoms with E-state index in [1.807, 2.05) is 0 Å². The molecule has 80 valence electrons. The van der Waals surface area contributed by atoms with E-state index in [9.17, 15) is 14.4 Å². The Morgan fingerprint density at radius 2 is 2.07 bits per heavy atom. The molecule has 0 aromatic rings. The normalized spacial score (nSPS) is 14.3. The van der Waals surface area contributed by atoms with Gasteiger partial charge in [-0.05, 0) is 6.42 Å². The van der Waals surface area contributed by atoms with Crippen LogP contribution in [0.1, 0.15) is 20.3 Å². The van der Waals surface area contributed by atoms with Crippen LogP contribution in [0, 0.1) is 0 Å². The lowest BCUT2D eigenvalue weighted by Crippen LogP contribution is -2.24. The fraction of sp³-hybridized carbons (Fsp3) is 0.625. The third-order valence-electron chi connectivity index (χ3n) is 1.28. The molecule has 14 heavy (non-hydrogen) atoms. The van der Waals surface area contributed by atoms with Gasteiger partial charge in [0.2, 0.25) is 5.91 Å². The van der Waals surface area contributed by atoms with Gasteiger partial charge < -0.3 is 15.2 Å². The van der Waals surface area contributed by atoms with E-state index in [1.54, 1.807) is 6.92 Å². The van der Waals surface area contributed by atoms with Crippen LogP contribution in [0.15, 0.2) is 0 Å². The molecule has 1 fully saturated rings. The molecule has 1 saturated heterocycles. The summed E-state index contributed by atoms with van der Waals surface area (Å²) in [5.41, 5.74) is 0. The van der Waals surface area contributed by atoms with Crippen molar-refractivity contribution in [2.45, 2.75) is 26.4 Å². The Kier molecular flexibility index (Phi) is 5.28. The summed E-state index contributed by atoms with van der Waals surface area (Å²) < 4.78 is 4.42. The minimum Gasteiger partial charge on any atom is -0.479 e. The van der Waals surface area contributed by atoms with Crippen LogP contribution in [-0.2, 0) is 19.1 Å². The lowest BCUT2D eigenvalue weighted by molar-refractivity contribution is -0.162. The number of carbonyl (C=O) groups is 3. The van der Waals surface area contributed by atoms with Crippen LogP contribution in [0.4, 0.5) is 0 Å². The molecule has 1 atom stereocenters. The third kappa shape index (κ3) is 7.08. The number of ether oxygens (including phenoxy) is 1. The minimum atomic E-state index is -1.10. The van der Waals surface area contributed by atoms with Crippen molar-refractivity contribution in [2.24, 2.45) is 0 Å². The maximum absolute atomic E-state index is 10.2. The summed E-state index contributed by atoms with van der Waals surface area (Å²) in [4.78, 5) is 29.9. The predicted molar refractivity (Wildman–Crippen MR) is 46.5 cm³/mol. The predicted octanol–water partition coefficient (Wildman–Crippen LogP) is -0.471. The summed E-state index contributed by atoms with van der Waals surface area (Å²) in [5.74, 6) is -1.49. The monoisotopic (exact) mass is 203 g/mol. The van der Waals surface area contributed by atoms with Crippen LogP contribution in [0.2, 0.25) is 0 Å². The van der Waals surface area contributed by atoms with E-state index in [2.05, 4.69) is 10.1 Å². The number of hydrogen-bond acceptors (Lipinski definition) is 4. The van der Waals surface area contributed by atoms with Crippen molar-refractivity contribution in [2.75, 3.05) is 6.54 Å². The first-order chi connectivity index (χ1) is 6.47. The van der Waals surface area contributed by atoms with E-state index in [1.165, 1.54) is 6.92 Å². The average molecular weight is 203 g/mol. The zero-order chi connectivity index (χ0) is 11.1. The number of carboxylic acid groups (broad SMARTS) is 1. The highest BCUT2D eigenvalue weighted by Gasteiger charge is 2.17. The van der Waals surface area contributed by atoms with Gasteiger partial charge >= 0.3 is 11.9 Å². The van der Waals surface area contributed by atoms with E-state index in [-0.39, 0.29) is 5.91 Å². The lowest BCUT2D eigenvalue weighted by Gasteiger charge is -2.08. The summed E-state index contributed by atoms with van der Waals surface area (Å²) in [7, 11) is 0. The fourth-order valence-corrected chi connectivity index (χ4v) is 0.545. The highest BCUT2D eigenvalue weighted by molar-refractivity contribution is 5.91. The molecule has 2 N–H and O–H groups in total. The zero-order valence-electron chi connectivity index (χ0n) is 8.07. The second-order valence-corrected chi connectivity index (χ2v) is 2.62. The van der Waals surface area contributed by atoms with Crippen LogP contribution in [0.3, 0.4) is 0 Å². The van der Waals surface area contributed by atoms with Crippen LogP contribution in [-0.4, -0.2) is 35.6 Å². The molecule has 0 aromatic carbocycles. The van der Waals surface area contributed by atoms with Gasteiger partial charge in [-0.3, -0.25) is 9.59 Å². The molecule has 0 saturated carbocycles. The molecule has 1 rings (SSSR count). The molecule has 1 amide bonds. The number of hydrogen-bond donors (Lipinski definition) is 2. The SMILES string of the molecule is CCC(OC(C)=O)C(=O)O.O=C1CN1. The van der Waals surface area contributed by atoms with Gasteiger partial charge in [-0.15, -0.1) is 0 Å². The number of amides is 1. The Morgan fingerprint density at radius 3 is 2.14 bits per heavy atom. The Labute approximate surface area is 81.2 Å².